The molecule has 63 heavy (non-hydrogen) atoms. The molecule has 296 valence electrons. The van der Waals surface area contributed by atoms with E-state index in [0.29, 0.717) is 16.7 Å². The van der Waals surface area contributed by atoms with Gasteiger partial charge in [0.2, 0.25) is 13.4 Å². The van der Waals surface area contributed by atoms with E-state index in [1.165, 1.54) is 71.8 Å². The Morgan fingerprint density at radius 2 is 0.651 bits per heavy atom. The van der Waals surface area contributed by atoms with E-state index in [1.54, 1.807) is 0 Å². The van der Waals surface area contributed by atoms with Crippen LogP contribution in [0.3, 0.4) is 0 Å². The van der Waals surface area contributed by atoms with E-state index >= 15 is 0 Å². The zero-order valence-electron chi connectivity index (χ0n) is 36.3. The fraction of sp³-hybridized carbons (Fsp3) is 0.105. The Morgan fingerprint density at radius 3 is 0.984 bits per heavy atom. The lowest BCUT2D eigenvalue weighted by molar-refractivity contribution is 1.29. The Labute approximate surface area is 371 Å². The summed E-state index contributed by atoms with van der Waals surface area (Å²) in [6.07, 6.45) is 0. The molecule has 2 aliphatic rings. The first-order chi connectivity index (χ1) is 30.5. The van der Waals surface area contributed by atoms with E-state index in [-0.39, 0.29) is 13.4 Å². The first kappa shape index (κ1) is 39.3. The zero-order chi connectivity index (χ0) is 43.7. The molecule has 10 rings (SSSR count). The largest absolute Gasteiger partial charge is 0.313 e. The molecule has 0 spiro atoms. The quantitative estimate of drug-likeness (QED) is 0.163. The second-order valence-corrected chi connectivity index (χ2v) is 17.4. The highest BCUT2D eigenvalue weighted by Crippen LogP contribution is 2.41. The normalized spacial score (nSPS) is 12.1. The van der Waals surface area contributed by atoms with Gasteiger partial charge in [0.25, 0.3) is 0 Å². The number of benzene rings is 8. The Balaban J connectivity index is 1.34. The van der Waals surface area contributed by atoms with Gasteiger partial charge in [0.05, 0.1) is 34.9 Å². The fourth-order valence-electron chi connectivity index (χ4n) is 10.7. The van der Waals surface area contributed by atoms with Crippen molar-refractivity contribution in [1.29, 1.82) is 15.8 Å². The van der Waals surface area contributed by atoms with Crippen LogP contribution in [0.5, 0.6) is 0 Å². The molecule has 0 unspecified atom stereocenters. The predicted octanol–water partition coefficient (Wildman–Crippen LogP) is 9.28. The van der Waals surface area contributed by atoms with E-state index in [0.717, 1.165) is 44.8 Å². The Hall–Kier alpha value is -7.84. The van der Waals surface area contributed by atoms with Gasteiger partial charge in [-0.2, -0.15) is 15.8 Å². The molecule has 8 aromatic rings. The molecule has 0 atom stereocenters. The summed E-state index contributed by atoms with van der Waals surface area (Å²) in [7, 11) is 0. The number of nitrogens with zero attached hydrogens (tertiary/aromatic N) is 4. The average Bonchev–Trinajstić information content (AvgIpc) is 3.29. The van der Waals surface area contributed by atoms with Gasteiger partial charge in [-0.3, -0.25) is 0 Å². The van der Waals surface area contributed by atoms with Gasteiger partial charge in [0.1, 0.15) is 0 Å². The second kappa shape index (κ2) is 15.3. The van der Waals surface area contributed by atoms with Gasteiger partial charge in [-0.25, -0.2) is 0 Å². The molecule has 4 nitrogen and oxygen atoms in total. The number of nitriles is 3. The van der Waals surface area contributed by atoms with Crippen molar-refractivity contribution in [2.75, 3.05) is 4.90 Å². The van der Waals surface area contributed by atoms with E-state index in [1.807, 2.05) is 60.7 Å². The molecule has 0 amide bonds. The topological polar surface area (TPSA) is 74.6 Å². The van der Waals surface area contributed by atoms with Crippen molar-refractivity contribution in [2.45, 2.75) is 41.5 Å². The molecule has 0 N–H and O–H groups in total. The molecule has 0 saturated carbocycles. The summed E-state index contributed by atoms with van der Waals surface area (Å²) in [5.41, 5.74) is 26.8. The predicted molar refractivity (Wildman–Crippen MR) is 262 cm³/mol. The highest BCUT2D eigenvalue weighted by atomic mass is 15.2. The summed E-state index contributed by atoms with van der Waals surface area (Å²) in [6, 6.07) is 58.6. The summed E-state index contributed by atoms with van der Waals surface area (Å²) >= 11 is 0. The molecule has 0 aromatic heterocycles. The van der Waals surface area contributed by atoms with Crippen LogP contribution in [0, 0.1) is 75.5 Å². The van der Waals surface area contributed by atoms with Gasteiger partial charge < -0.3 is 4.90 Å². The molecule has 6 heteroatoms. The standard InChI is InChI=1S/C57H42B2N4/c1-34-23-36(3)55(37(4)24-34)58-49-27-46(43-13-7-40(31-60)8-14-43)19-21-53(49)63-54-22-20-47(44-15-9-41(32-61)10-16-44)28-50(54)59(56-38(5)25-35(2)26-39(56)6)52-30-48(29-51(58)57(52)63)45-17-11-42(33-62)12-18-45/h7-30H,1-6H3. The van der Waals surface area contributed by atoms with Crippen LogP contribution >= 0.6 is 0 Å². The molecule has 2 aliphatic heterocycles. The van der Waals surface area contributed by atoms with E-state index in [9.17, 15) is 15.8 Å². The first-order valence-corrected chi connectivity index (χ1v) is 21.5. The van der Waals surface area contributed by atoms with Crippen molar-refractivity contribution in [3.8, 4) is 51.6 Å². The molecular formula is C57H42B2N4. The van der Waals surface area contributed by atoms with Gasteiger partial charge in [-0.05, 0) is 145 Å². The van der Waals surface area contributed by atoms with Crippen molar-refractivity contribution in [3.05, 3.63) is 196 Å². The monoisotopic (exact) mass is 804 g/mol. The molecule has 0 aliphatic carbocycles. The van der Waals surface area contributed by atoms with Gasteiger partial charge in [0.15, 0.2) is 0 Å². The Bertz CT molecular complexity index is 3090. The number of hydrogen-bond donors (Lipinski definition) is 0. The van der Waals surface area contributed by atoms with Crippen molar-refractivity contribution >= 4 is 63.3 Å². The van der Waals surface area contributed by atoms with Crippen LogP contribution in [0.4, 0.5) is 17.1 Å². The third-order valence-electron chi connectivity index (χ3n) is 13.3. The number of fused-ring (bicyclic) bond motifs is 4. The minimum absolute atomic E-state index is 0.109. The van der Waals surface area contributed by atoms with Crippen LogP contribution in [-0.4, -0.2) is 13.4 Å². The third kappa shape index (κ3) is 6.53. The van der Waals surface area contributed by atoms with Crippen LogP contribution in [0.2, 0.25) is 0 Å². The van der Waals surface area contributed by atoms with Crippen LogP contribution in [0.15, 0.2) is 146 Å². The van der Waals surface area contributed by atoms with E-state index < -0.39 is 0 Å². The summed E-state index contributed by atoms with van der Waals surface area (Å²) in [6.45, 7) is 13.2. The lowest BCUT2D eigenvalue weighted by Crippen LogP contribution is -2.66. The summed E-state index contributed by atoms with van der Waals surface area (Å²) in [4.78, 5) is 2.52. The van der Waals surface area contributed by atoms with Crippen LogP contribution in [0.1, 0.15) is 50.1 Å². The SMILES string of the molecule is Cc1cc(C)c(B2c3cc(-c4ccc(C#N)cc4)ccc3N3c4ccc(-c5ccc(C#N)cc5)cc4B(c4c(C)cc(C)cc4C)c4cc(-c5ccc(C#N)cc5)cc2c43)c(C)c1. The average molecular weight is 805 g/mol. The summed E-state index contributed by atoms with van der Waals surface area (Å²) < 4.78 is 0. The molecule has 8 aromatic carbocycles. The maximum atomic E-state index is 9.80. The van der Waals surface area contributed by atoms with Gasteiger partial charge in [-0.1, -0.05) is 141 Å². The summed E-state index contributed by atoms with van der Waals surface area (Å²) in [5.74, 6) is 0. The van der Waals surface area contributed by atoms with Crippen molar-refractivity contribution in [1.82, 2.24) is 0 Å². The van der Waals surface area contributed by atoms with Gasteiger partial charge in [0, 0.05) is 17.1 Å². The minimum atomic E-state index is -0.109. The first-order valence-electron chi connectivity index (χ1n) is 21.5. The van der Waals surface area contributed by atoms with Crippen LogP contribution in [0.25, 0.3) is 33.4 Å². The molecule has 2 heterocycles. The minimum Gasteiger partial charge on any atom is -0.313 e. The lowest BCUT2D eigenvalue weighted by Gasteiger charge is -2.45. The van der Waals surface area contributed by atoms with Crippen molar-refractivity contribution in [3.63, 3.8) is 0 Å². The maximum absolute atomic E-state index is 9.80. The van der Waals surface area contributed by atoms with Crippen LogP contribution < -0.4 is 37.7 Å². The third-order valence-corrected chi connectivity index (χ3v) is 13.3. The fourth-order valence-corrected chi connectivity index (χ4v) is 10.7. The van der Waals surface area contributed by atoms with E-state index in [2.05, 4.69) is 150 Å². The number of aryl methyl sites for hydroxylation is 6. The number of hydrogen-bond acceptors (Lipinski definition) is 4. The zero-order valence-corrected chi connectivity index (χ0v) is 36.3. The van der Waals surface area contributed by atoms with Crippen molar-refractivity contribution in [2.24, 2.45) is 0 Å². The number of anilines is 3. The highest BCUT2D eigenvalue weighted by molar-refractivity contribution is 7.02. The Kier molecular flexibility index (Phi) is 9.52. The number of rotatable bonds is 5. The van der Waals surface area contributed by atoms with Crippen LogP contribution in [-0.2, 0) is 0 Å². The second-order valence-electron chi connectivity index (χ2n) is 17.4. The highest BCUT2D eigenvalue weighted by Gasteiger charge is 2.45. The molecular weight excluding hydrogens is 762 g/mol. The van der Waals surface area contributed by atoms with E-state index in [4.69, 9.17) is 0 Å². The molecule has 0 radical (unpaired) electrons. The smallest absolute Gasteiger partial charge is 0.247 e. The molecule has 0 saturated heterocycles. The maximum Gasteiger partial charge on any atom is 0.247 e. The molecule has 0 bridgehead atoms. The van der Waals surface area contributed by atoms with Crippen molar-refractivity contribution < 1.29 is 0 Å². The molecule has 0 fully saturated rings. The van der Waals surface area contributed by atoms with Gasteiger partial charge >= 0.3 is 0 Å². The lowest BCUT2D eigenvalue weighted by atomic mass is 9.29. The Morgan fingerprint density at radius 1 is 0.349 bits per heavy atom. The van der Waals surface area contributed by atoms with Gasteiger partial charge in [-0.15, -0.1) is 0 Å². The summed E-state index contributed by atoms with van der Waals surface area (Å²) in [5, 5.41) is 29.1.